The second kappa shape index (κ2) is 17.9. The lowest BCUT2D eigenvalue weighted by Gasteiger charge is -2.27. The van der Waals surface area contributed by atoms with Crippen molar-refractivity contribution in [1.82, 2.24) is 14.5 Å². The summed E-state index contributed by atoms with van der Waals surface area (Å²) < 4.78 is 2.40. The van der Waals surface area contributed by atoms with E-state index in [1.807, 2.05) is 24.4 Å². The van der Waals surface area contributed by atoms with E-state index in [1.165, 1.54) is 38.5 Å². The number of hydrogen-bond acceptors (Lipinski definition) is 3. The quantitative estimate of drug-likeness (QED) is 0.173. The highest BCUT2D eigenvalue weighted by molar-refractivity contribution is 6.14. The predicted octanol–water partition coefficient (Wildman–Crippen LogP) is 18.5. The summed E-state index contributed by atoms with van der Waals surface area (Å²) in [6.07, 6.45) is 1.95. The highest BCUT2D eigenvalue weighted by Crippen LogP contribution is 2.43. The van der Waals surface area contributed by atoms with Crippen LogP contribution in [0.3, 0.4) is 0 Å². The van der Waals surface area contributed by atoms with Crippen LogP contribution in [-0.4, -0.2) is 19.6 Å². The van der Waals surface area contributed by atoms with Crippen LogP contribution in [-0.2, 0) is 21.7 Å². The lowest BCUT2D eigenvalue weighted by atomic mass is 9.78. The lowest BCUT2D eigenvalue weighted by molar-refractivity contribution is 0.477. The van der Waals surface area contributed by atoms with Crippen LogP contribution in [0.15, 0.2) is 182 Å². The third-order valence-corrected chi connectivity index (χ3v) is 14.3. The summed E-state index contributed by atoms with van der Waals surface area (Å²) in [5.74, 6) is 0.192. The first-order valence-electron chi connectivity index (χ1n) is 25.4. The Morgan fingerprint density at radius 1 is 0.361 bits per heavy atom. The van der Waals surface area contributed by atoms with Gasteiger partial charge in [-0.25, -0.2) is 4.98 Å². The maximum Gasteiger partial charge on any atom is 0.124 e. The monoisotopic (exact) mass is 942 g/mol. The van der Waals surface area contributed by atoms with Crippen molar-refractivity contribution in [2.24, 2.45) is 0 Å². The van der Waals surface area contributed by atoms with Gasteiger partial charge in [0.05, 0.1) is 28.1 Å². The summed E-state index contributed by atoms with van der Waals surface area (Å²) >= 11 is 0. The molecule has 10 aromatic rings. The Balaban J connectivity index is 1.24. The summed E-state index contributed by atoms with van der Waals surface area (Å²) in [7, 11) is 0. The average molecular weight is 942 g/mol. The third-order valence-electron chi connectivity index (χ3n) is 14.3. The van der Waals surface area contributed by atoms with Crippen LogP contribution in [0.5, 0.6) is 5.75 Å². The normalized spacial score (nSPS) is 12.5. The van der Waals surface area contributed by atoms with Crippen molar-refractivity contribution in [2.45, 2.75) is 105 Å². The largest absolute Gasteiger partial charge is 0.507 e. The van der Waals surface area contributed by atoms with Gasteiger partial charge in [-0.05, 0) is 145 Å². The number of aromatic nitrogens is 3. The molecule has 72 heavy (non-hydrogen) atoms. The van der Waals surface area contributed by atoms with Crippen molar-refractivity contribution in [1.29, 1.82) is 0 Å². The van der Waals surface area contributed by atoms with Crippen LogP contribution in [0, 0.1) is 0 Å². The summed E-state index contributed by atoms with van der Waals surface area (Å²) in [5, 5.41) is 13.8. The highest BCUT2D eigenvalue weighted by atomic mass is 16.3. The van der Waals surface area contributed by atoms with Crippen molar-refractivity contribution >= 4 is 21.8 Å². The minimum atomic E-state index is -0.0778. The molecule has 0 saturated carbocycles. The first kappa shape index (κ1) is 48.1. The number of hydrogen-bond donors (Lipinski definition) is 1. The van der Waals surface area contributed by atoms with Crippen LogP contribution < -0.4 is 0 Å². The number of phenols is 1. The molecule has 4 nitrogen and oxygen atoms in total. The fourth-order valence-corrected chi connectivity index (χ4v) is 9.94. The Morgan fingerprint density at radius 3 is 1.42 bits per heavy atom. The molecular weight excluding hydrogens is 875 g/mol. The van der Waals surface area contributed by atoms with Gasteiger partial charge in [0.25, 0.3) is 0 Å². The number of fused-ring (bicyclic) bond motifs is 3. The molecule has 0 unspecified atom stereocenters. The topological polar surface area (TPSA) is 50.9 Å². The molecule has 7 aromatic carbocycles. The van der Waals surface area contributed by atoms with E-state index < -0.39 is 0 Å². The van der Waals surface area contributed by atoms with Gasteiger partial charge in [0.15, 0.2) is 0 Å². The molecule has 10 rings (SSSR count). The summed E-state index contributed by atoms with van der Waals surface area (Å²) in [4.78, 5) is 10.6. The Labute approximate surface area is 427 Å². The summed E-state index contributed by atoms with van der Waals surface area (Å²) in [5.41, 5.74) is 19.9. The zero-order valence-electron chi connectivity index (χ0n) is 44.1. The summed E-state index contributed by atoms with van der Waals surface area (Å²) in [6.45, 7) is 27.5. The number of para-hydroxylation sites is 4. The summed E-state index contributed by atoms with van der Waals surface area (Å²) in [6, 6.07) is 63.3. The van der Waals surface area contributed by atoms with Crippen LogP contribution in [0.1, 0.15) is 105 Å². The highest BCUT2D eigenvalue weighted by Gasteiger charge is 2.25. The van der Waals surface area contributed by atoms with Crippen molar-refractivity contribution in [2.75, 3.05) is 0 Å². The van der Waals surface area contributed by atoms with E-state index in [9.17, 15) is 5.11 Å². The van der Waals surface area contributed by atoms with Gasteiger partial charge in [-0.15, -0.1) is 0 Å². The molecule has 0 atom stereocenters. The van der Waals surface area contributed by atoms with Crippen LogP contribution >= 0.6 is 0 Å². The van der Waals surface area contributed by atoms with Crippen molar-refractivity contribution < 1.29 is 5.11 Å². The number of pyridine rings is 2. The molecule has 360 valence electrons. The van der Waals surface area contributed by atoms with Crippen molar-refractivity contribution in [3.63, 3.8) is 0 Å². The zero-order valence-corrected chi connectivity index (χ0v) is 44.1. The molecule has 0 fully saturated rings. The van der Waals surface area contributed by atoms with Crippen molar-refractivity contribution in [3.05, 3.63) is 204 Å². The minimum Gasteiger partial charge on any atom is -0.507 e. The number of nitrogens with zero attached hydrogens (tertiary/aromatic N) is 3. The second-order valence-electron chi connectivity index (χ2n) is 23.9. The van der Waals surface area contributed by atoms with E-state index in [1.54, 1.807) is 6.07 Å². The first-order chi connectivity index (χ1) is 34.1. The van der Waals surface area contributed by atoms with E-state index in [0.717, 1.165) is 67.1 Å². The smallest absolute Gasteiger partial charge is 0.124 e. The molecule has 0 spiro atoms. The van der Waals surface area contributed by atoms with Crippen LogP contribution in [0.2, 0.25) is 0 Å². The minimum absolute atomic E-state index is 0.0751. The number of rotatable bonds is 7. The molecular formula is C68H67N3O. The van der Waals surface area contributed by atoms with E-state index in [4.69, 9.17) is 9.97 Å². The van der Waals surface area contributed by atoms with Crippen molar-refractivity contribution in [3.8, 4) is 78.6 Å². The third kappa shape index (κ3) is 9.39. The molecule has 1 N–H and O–H groups in total. The SMILES string of the molecule is CC(C)(C)c1cc(-c2cc(-c3cc(-c4cccc5c6ccccc6n(-c6ccccc6)c45)ccn3)cc(-c3cc(-c4cc(C(C)(C)C)cc(C(C)(C)C)c4)cc(-c4ccccc4O)n3)c2)cc(C(C)(C)C)c1. The molecule has 0 radical (unpaired) electrons. The van der Waals surface area contributed by atoms with Gasteiger partial charge in [-0.3, -0.25) is 4.98 Å². The molecule has 3 heterocycles. The van der Waals surface area contributed by atoms with E-state index in [2.05, 4.69) is 239 Å². The van der Waals surface area contributed by atoms with Gasteiger partial charge in [0, 0.05) is 44.9 Å². The molecule has 0 amide bonds. The number of benzene rings is 7. The molecule has 0 saturated heterocycles. The predicted molar refractivity (Wildman–Crippen MR) is 305 cm³/mol. The van der Waals surface area contributed by atoms with Gasteiger partial charge in [-0.1, -0.05) is 186 Å². The van der Waals surface area contributed by atoms with Crippen LogP contribution in [0.25, 0.3) is 94.6 Å². The molecule has 0 bridgehead atoms. The molecule has 0 aliphatic heterocycles. The second-order valence-corrected chi connectivity index (χ2v) is 23.9. The Hall–Kier alpha value is -7.56. The number of phenolic OH excluding ortho intramolecular Hbond substituents is 1. The van der Waals surface area contributed by atoms with Crippen LogP contribution in [0.4, 0.5) is 0 Å². The average Bonchev–Trinajstić information content (AvgIpc) is 3.70. The first-order valence-corrected chi connectivity index (χ1v) is 25.4. The van der Waals surface area contributed by atoms with Gasteiger partial charge in [-0.2, -0.15) is 0 Å². The molecule has 3 aromatic heterocycles. The van der Waals surface area contributed by atoms with Gasteiger partial charge in [0.2, 0.25) is 0 Å². The molecule has 0 aliphatic carbocycles. The standard InChI is InChI=1S/C68H67N3O/c1-65(2,3)50-34-45(35-51(41-50)66(4,5)6)44-31-48(59-38-43(29-30-69-59)55-25-20-26-57-56-23-16-18-27-62(56)71(64(55)57)54-21-14-13-15-22-54)33-49(32-44)60-39-47(40-61(70-60)58-24-17-19-28-63(58)72)46-36-52(67(7,8)9)42-53(37-46)68(10,11)12/h13-42,72H,1-12H3. The fraction of sp³-hybridized carbons (Fsp3) is 0.235. The van der Waals surface area contributed by atoms with Gasteiger partial charge in [0.1, 0.15) is 5.75 Å². The number of aromatic hydroxyl groups is 1. The van der Waals surface area contributed by atoms with Gasteiger partial charge >= 0.3 is 0 Å². The molecule has 4 heteroatoms. The zero-order chi connectivity index (χ0) is 50.9. The van der Waals surface area contributed by atoms with Gasteiger partial charge < -0.3 is 9.67 Å². The fourth-order valence-electron chi connectivity index (χ4n) is 9.94. The van der Waals surface area contributed by atoms with E-state index in [-0.39, 0.29) is 27.4 Å². The maximum atomic E-state index is 11.4. The Morgan fingerprint density at radius 2 is 0.819 bits per heavy atom. The maximum absolute atomic E-state index is 11.4. The van der Waals surface area contributed by atoms with E-state index in [0.29, 0.717) is 11.3 Å². The Kier molecular flexibility index (Phi) is 12.0. The Bertz CT molecular complexity index is 3610. The lowest BCUT2D eigenvalue weighted by Crippen LogP contribution is -2.16. The van der Waals surface area contributed by atoms with E-state index >= 15 is 0 Å². The molecule has 0 aliphatic rings.